The molecule has 29 heavy (non-hydrogen) atoms. The van der Waals surface area contributed by atoms with E-state index in [1.165, 1.54) is 6.42 Å². The molecule has 0 radical (unpaired) electrons. The van der Waals surface area contributed by atoms with Crippen LogP contribution in [0.3, 0.4) is 0 Å². The minimum absolute atomic E-state index is 0.0442. The van der Waals surface area contributed by atoms with E-state index < -0.39 is 5.60 Å². The van der Waals surface area contributed by atoms with Crippen LogP contribution in [0.2, 0.25) is 0 Å². The monoisotopic (exact) mass is 402 g/mol. The highest BCUT2D eigenvalue weighted by atomic mass is 16.5. The summed E-state index contributed by atoms with van der Waals surface area (Å²) in [5, 5.41) is 21.5. The summed E-state index contributed by atoms with van der Waals surface area (Å²) in [6.45, 7) is 2.82. The number of carbonyl (C=O) groups is 1. The molecule has 1 saturated carbocycles. The van der Waals surface area contributed by atoms with Crippen molar-refractivity contribution in [2.24, 2.45) is 5.92 Å². The molecule has 3 atom stereocenters. The number of methoxy groups -OCH3 is 1. The molecule has 160 valence electrons. The second kappa shape index (κ2) is 8.52. The number of aromatic hydroxyl groups is 1. The van der Waals surface area contributed by atoms with Gasteiger partial charge >= 0.3 is 0 Å². The quantitative estimate of drug-likeness (QED) is 0.810. The summed E-state index contributed by atoms with van der Waals surface area (Å²) in [6.07, 6.45) is 8.06. The maximum absolute atomic E-state index is 13.0. The van der Waals surface area contributed by atoms with Crippen molar-refractivity contribution in [3.05, 3.63) is 23.8 Å². The third-order valence-electron chi connectivity index (χ3n) is 7.26. The van der Waals surface area contributed by atoms with Gasteiger partial charge in [-0.05, 0) is 56.2 Å². The number of likely N-dealkylation sites (tertiary alicyclic amines) is 2. The summed E-state index contributed by atoms with van der Waals surface area (Å²) < 4.78 is 5.34. The first-order valence-corrected chi connectivity index (χ1v) is 11.1. The van der Waals surface area contributed by atoms with Gasteiger partial charge in [-0.3, -0.25) is 9.69 Å². The molecule has 4 rings (SSSR count). The lowest BCUT2D eigenvalue weighted by Gasteiger charge is -2.52. The zero-order valence-electron chi connectivity index (χ0n) is 17.5. The van der Waals surface area contributed by atoms with Crippen molar-refractivity contribution in [3.8, 4) is 11.5 Å². The van der Waals surface area contributed by atoms with Gasteiger partial charge in [-0.15, -0.1) is 0 Å². The summed E-state index contributed by atoms with van der Waals surface area (Å²) in [5.41, 5.74) is 0.342. The zero-order chi connectivity index (χ0) is 20.4. The van der Waals surface area contributed by atoms with E-state index in [1.807, 2.05) is 17.0 Å². The summed E-state index contributed by atoms with van der Waals surface area (Å²) in [7, 11) is 1.55. The number of ether oxygens (including phenoxy) is 1. The molecule has 0 spiro atoms. The van der Waals surface area contributed by atoms with Crippen LogP contribution in [-0.4, -0.2) is 64.8 Å². The van der Waals surface area contributed by atoms with Gasteiger partial charge < -0.3 is 19.8 Å². The number of hydrogen-bond donors (Lipinski definition) is 2. The molecule has 1 aliphatic carbocycles. The Hall–Kier alpha value is -1.79. The Morgan fingerprint density at radius 1 is 1.14 bits per heavy atom. The Morgan fingerprint density at radius 3 is 2.69 bits per heavy atom. The highest BCUT2D eigenvalue weighted by Gasteiger charge is 2.49. The molecular weight excluding hydrogens is 368 g/mol. The third-order valence-corrected chi connectivity index (χ3v) is 7.26. The SMILES string of the molecule is COc1cc([C@@H]2[C@@H]3CCCC[C@@]3(O)CCN2CC(=O)N2CCCCC2)ccc1O. The first-order chi connectivity index (χ1) is 14.0. The molecule has 0 unspecified atom stereocenters. The van der Waals surface area contributed by atoms with E-state index in [1.54, 1.807) is 13.2 Å². The number of nitrogens with zero attached hydrogens (tertiary/aromatic N) is 2. The first kappa shape index (κ1) is 20.5. The maximum atomic E-state index is 13.0. The van der Waals surface area contributed by atoms with Crippen molar-refractivity contribution < 1.29 is 19.7 Å². The van der Waals surface area contributed by atoms with Crippen molar-refractivity contribution in [2.45, 2.75) is 63.0 Å². The molecule has 1 aromatic carbocycles. The van der Waals surface area contributed by atoms with Gasteiger partial charge in [0.25, 0.3) is 0 Å². The average molecular weight is 403 g/mol. The van der Waals surface area contributed by atoms with E-state index in [0.717, 1.165) is 63.6 Å². The van der Waals surface area contributed by atoms with Crippen LogP contribution in [0.1, 0.15) is 63.0 Å². The second-order valence-corrected chi connectivity index (χ2v) is 8.99. The fraction of sp³-hybridized carbons (Fsp3) is 0.696. The molecule has 2 saturated heterocycles. The number of rotatable bonds is 4. The number of phenolic OH excluding ortho intramolecular Hbond substituents is 1. The minimum atomic E-state index is -0.668. The van der Waals surface area contributed by atoms with Crippen LogP contribution >= 0.6 is 0 Å². The number of benzene rings is 1. The molecule has 1 aromatic rings. The van der Waals surface area contributed by atoms with Crippen LogP contribution < -0.4 is 4.74 Å². The van der Waals surface area contributed by atoms with Gasteiger partial charge in [0.1, 0.15) is 0 Å². The molecular formula is C23H34N2O4. The molecule has 2 heterocycles. The van der Waals surface area contributed by atoms with Gasteiger partial charge in [0.05, 0.1) is 19.3 Å². The highest BCUT2D eigenvalue weighted by molar-refractivity contribution is 5.78. The van der Waals surface area contributed by atoms with Gasteiger partial charge in [-0.2, -0.15) is 0 Å². The van der Waals surface area contributed by atoms with Crippen LogP contribution in [0.25, 0.3) is 0 Å². The van der Waals surface area contributed by atoms with Gasteiger partial charge in [-0.25, -0.2) is 0 Å². The van der Waals surface area contributed by atoms with Crippen LogP contribution in [0, 0.1) is 5.92 Å². The second-order valence-electron chi connectivity index (χ2n) is 8.99. The van der Waals surface area contributed by atoms with Crippen molar-refractivity contribution in [3.63, 3.8) is 0 Å². The largest absolute Gasteiger partial charge is 0.504 e. The van der Waals surface area contributed by atoms with E-state index >= 15 is 0 Å². The van der Waals surface area contributed by atoms with Crippen LogP contribution in [0.4, 0.5) is 0 Å². The molecule has 3 fully saturated rings. The zero-order valence-corrected chi connectivity index (χ0v) is 17.5. The lowest BCUT2D eigenvalue weighted by molar-refractivity contribution is -0.145. The third kappa shape index (κ3) is 4.10. The summed E-state index contributed by atoms with van der Waals surface area (Å²) in [5.74, 6) is 0.840. The van der Waals surface area contributed by atoms with E-state index in [9.17, 15) is 15.0 Å². The Balaban J connectivity index is 1.63. The molecule has 6 heteroatoms. The van der Waals surface area contributed by atoms with Gasteiger partial charge in [0, 0.05) is 31.6 Å². The predicted molar refractivity (Wildman–Crippen MR) is 111 cm³/mol. The average Bonchev–Trinajstić information content (AvgIpc) is 2.75. The van der Waals surface area contributed by atoms with Crippen molar-refractivity contribution in [2.75, 3.05) is 33.3 Å². The van der Waals surface area contributed by atoms with E-state index in [4.69, 9.17) is 4.74 Å². The van der Waals surface area contributed by atoms with Gasteiger partial charge in [0.15, 0.2) is 11.5 Å². The number of aliphatic hydroxyl groups is 1. The number of fused-ring (bicyclic) bond motifs is 1. The standard InChI is InChI=1S/C23H34N2O4/c1-29-20-15-17(8-9-19(20)26)22-18-7-3-4-10-23(18,28)11-14-25(22)16-21(27)24-12-5-2-6-13-24/h8-9,15,18,22,26,28H,2-7,10-14,16H2,1H3/t18-,22+,23+/m0/s1. The number of phenols is 1. The smallest absolute Gasteiger partial charge is 0.236 e. The molecule has 0 aromatic heterocycles. The fourth-order valence-electron chi connectivity index (χ4n) is 5.66. The Morgan fingerprint density at radius 2 is 1.93 bits per heavy atom. The topological polar surface area (TPSA) is 73.2 Å². The maximum Gasteiger partial charge on any atom is 0.236 e. The van der Waals surface area contributed by atoms with Crippen LogP contribution in [-0.2, 0) is 4.79 Å². The van der Waals surface area contributed by atoms with Gasteiger partial charge in [0.2, 0.25) is 5.91 Å². The summed E-state index contributed by atoms with van der Waals surface area (Å²) in [4.78, 5) is 17.3. The Labute approximate surface area is 173 Å². The molecule has 0 bridgehead atoms. The molecule has 2 N–H and O–H groups in total. The van der Waals surface area contributed by atoms with E-state index in [2.05, 4.69) is 4.90 Å². The number of amides is 1. The van der Waals surface area contributed by atoms with Crippen LogP contribution in [0.5, 0.6) is 11.5 Å². The van der Waals surface area contributed by atoms with Crippen molar-refractivity contribution in [1.82, 2.24) is 9.80 Å². The highest BCUT2D eigenvalue weighted by Crippen LogP contribution is 2.50. The minimum Gasteiger partial charge on any atom is -0.504 e. The van der Waals surface area contributed by atoms with Crippen molar-refractivity contribution >= 4 is 5.91 Å². The summed E-state index contributed by atoms with van der Waals surface area (Å²) in [6, 6.07) is 5.41. The normalized spacial score (nSPS) is 30.6. The lowest BCUT2D eigenvalue weighted by Crippen LogP contribution is -2.56. The number of carbonyl (C=O) groups excluding carboxylic acids is 1. The lowest BCUT2D eigenvalue weighted by atomic mass is 9.66. The van der Waals surface area contributed by atoms with E-state index in [0.29, 0.717) is 18.8 Å². The van der Waals surface area contributed by atoms with Crippen molar-refractivity contribution in [1.29, 1.82) is 0 Å². The number of hydrogen-bond acceptors (Lipinski definition) is 5. The number of piperidine rings is 2. The molecule has 1 amide bonds. The Kier molecular flexibility index (Phi) is 6.02. The fourth-order valence-corrected chi connectivity index (χ4v) is 5.66. The summed E-state index contributed by atoms with van der Waals surface area (Å²) >= 11 is 0. The van der Waals surface area contributed by atoms with E-state index in [-0.39, 0.29) is 23.6 Å². The Bertz CT molecular complexity index is 734. The molecule has 2 aliphatic heterocycles. The first-order valence-electron chi connectivity index (χ1n) is 11.1. The molecule has 6 nitrogen and oxygen atoms in total. The molecule has 3 aliphatic rings. The van der Waals surface area contributed by atoms with Gasteiger partial charge in [-0.1, -0.05) is 18.9 Å². The predicted octanol–water partition coefficient (Wildman–Crippen LogP) is 3.08. The van der Waals surface area contributed by atoms with Crippen LogP contribution in [0.15, 0.2) is 18.2 Å².